The monoisotopic (exact) mass is 649 g/mol. The normalized spacial score (nSPS) is 11.1. The highest BCUT2D eigenvalue weighted by molar-refractivity contribution is 6.08. The van der Waals surface area contributed by atoms with Crippen molar-refractivity contribution in [3.05, 3.63) is 212 Å². The second-order valence-corrected chi connectivity index (χ2v) is 12.9. The van der Waals surface area contributed by atoms with Crippen LogP contribution in [0.3, 0.4) is 0 Å². The van der Waals surface area contributed by atoms with Crippen LogP contribution < -0.4 is 4.90 Å². The second kappa shape index (κ2) is 13.3. The summed E-state index contributed by atoms with van der Waals surface area (Å²) in [6.07, 6.45) is 0. The van der Waals surface area contributed by atoms with Crippen molar-refractivity contribution in [1.29, 1.82) is 0 Å². The molecule has 0 aliphatic carbocycles. The SMILES string of the molecule is c1ccc(-c2ccc(-c3ccc(N(c4ccccc4)c4ccc(-c5c(-c6cccc7ccccc67)ccc6ccccc56)cc4)cc3)cc2)cc1. The van der Waals surface area contributed by atoms with Crippen molar-refractivity contribution in [3.63, 3.8) is 0 Å². The zero-order chi connectivity index (χ0) is 34.0. The van der Waals surface area contributed by atoms with Crippen molar-refractivity contribution >= 4 is 38.6 Å². The van der Waals surface area contributed by atoms with Gasteiger partial charge in [0.1, 0.15) is 0 Å². The zero-order valence-electron chi connectivity index (χ0n) is 28.2. The van der Waals surface area contributed by atoms with Gasteiger partial charge in [-0.2, -0.15) is 0 Å². The van der Waals surface area contributed by atoms with Gasteiger partial charge in [-0.05, 0) is 102 Å². The highest BCUT2D eigenvalue weighted by Gasteiger charge is 2.17. The van der Waals surface area contributed by atoms with Crippen molar-refractivity contribution in [1.82, 2.24) is 0 Å². The maximum absolute atomic E-state index is 2.33. The van der Waals surface area contributed by atoms with Gasteiger partial charge in [0.15, 0.2) is 0 Å². The van der Waals surface area contributed by atoms with Gasteiger partial charge in [0.2, 0.25) is 0 Å². The summed E-state index contributed by atoms with van der Waals surface area (Å²) in [6.45, 7) is 0. The Morgan fingerprint density at radius 3 is 1.29 bits per heavy atom. The van der Waals surface area contributed by atoms with Gasteiger partial charge < -0.3 is 4.90 Å². The van der Waals surface area contributed by atoms with Gasteiger partial charge in [-0.25, -0.2) is 0 Å². The molecule has 0 bridgehead atoms. The van der Waals surface area contributed by atoms with Gasteiger partial charge in [-0.3, -0.25) is 0 Å². The van der Waals surface area contributed by atoms with Gasteiger partial charge in [0, 0.05) is 17.1 Å². The molecule has 0 unspecified atom stereocenters. The Bertz CT molecular complexity index is 2580. The van der Waals surface area contributed by atoms with Crippen molar-refractivity contribution < 1.29 is 0 Å². The Morgan fingerprint density at radius 1 is 0.235 bits per heavy atom. The first-order valence-corrected chi connectivity index (χ1v) is 17.5. The Hall–Kier alpha value is -6.70. The third-order valence-electron chi connectivity index (χ3n) is 9.89. The zero-order valence-corrected chi connectivity index (χ0v) is 28.2. The van der Waals surface area contributed by atoms with E-state index in [1.54, 1.807) is 0 Å². The molecule has 9 aromatic carbocycles. The molecule has 0 aliphatic rings. The summed E-state index contributed by atoms with van der Waals surface area (Å²) in [5.41, 5.74) is 13.1. The molecule has 51 heavy (non-hydrogen) atoms. The maximum Gasteiger partial charge on any atom is 0.0462 e. The molecule has 0 fully saturated rings. The van der Waals surface area contributed by atoms with Crippen LogP contribution in [0.5, 0.6) is 0 Å². The average Bonchev–Trinajstić information content (AvgIpc) is 3.22. The molecule has 0 heterocycles. The molecule has 1 nitrogen and oxygen atoms in total. The van der Waals surface area contributed by atoms with E-state index in [0.717, 1.165) is 17.1 Å². The largest absolute Gasteiger partial charge is 0.311 e. The molecule has 0 spiro atoms. The first-order chi connectivity index (χ1) is 25.3. The smallest absolute Gasteiger partial charge is 0.0462 e. The maximum atomic E-state index is 2.33. The van der Waals surface area contributed by atoms with Crippen LogP contribution in [0.1, 0.15) is 0 Å². The van der Waals surface area contributed by atoms with Crippen molar-refractivity contribution in [2.45, 2.75) is 0 Å². The molecular formula is C50H35N. The second-order valence-electron chi connectivity index (χ2n) is 12.9. The molecule has 240 valence electrons. The highest BCUT2D eigenvalue weighted by Crippen LogP contribution is 2.42. The van der Waals surface area contributed by atoms with Crippen LogP contribution in [0, 0.1) is 0 Å². The number of fused-ring (bicyclic) bond motifs is 2. The minimum absolute atomic E-state index is 1.11. The van der Waals surface area contributed by atoms with Crippen molar-refractivity contribution in [3.8, 4) is 44.5 Å². The fourth-order valence-corrected chi connectivity index (χ4v) is 7.36. The molecule has 9 aromatic rings. The third-order valence-corrected chi connectivity index (χ3v) is 9.89. The standard InChI is InChI=1S/C50H35N/c1-3-12-36(13-4-1)37-22-24-38(25-23-37)39-26-31-44(32-27-39)51(43-17-5-2-6-18-43)45-33-28-42(29-34-45)50-47-20-10-8-15-41(47)30-35-49(50)48-21-11-16-40-14-7-9-19-46(40)48/h1-35H. The van der Waals surface area contributed by atoms with E-state index in [2.05, 4.69) is 217 Å². The van der Waals surface area contributed by atoms with E-state index in [4.69, 9.17) is 0 Å². The first-order valence-electron chi connectivity index (χ1n) is 17.5. The predicted octanol–water partition coefficient (Wildman–Crippen LogP) is 14.1. The Morgan fingerprint density at radius 2 is 0.667 bits per heavy atom. The van der Waals surface area contributed by atoms with Crippen molar-refractivity contribution in [2.24, 2.45) is 0 Å². The molecular weight excluding hydrogens is 615 g/mol. The van der Waals surface area contributed by atoms with Gasteiger partial charge in [0.25, 0.3) is 0 Å². The van der Waals surface area contributed by atoms with E-state index < -0.39 is 0 Å². The molecule has 0 atom stereocenters. The minimum atomic E-state index is 1.11. The Labute approximate surface area is 299 Å². The third kappa shape index (κ3) is 5.86. The predicted molar refractivity (Wildman–Crippen MR) is 218 cm³/mol. The van der Waals surface area contributed by atoms with Crippen molar-refractivity contribution in [2.75, 3.05) is 4.90 Å². The number of para-hydroxylation sites is 1. The summed E-state index contributed by atoms with van der Waals surface area (Å²) < 4.78 is 0. The van der Waals surface area contributed by atoms with E-state index in [9.17, 15) is 0 Å². The lowest BCUT2D eigenvalue weighted by molar-refractivity contribution is 1.28. The molecule has 9 rings (SSSR count). The number of hydrogen-bond donors (Lipinski definition) is 0. The fraction of sp³-hybridized carbons (Fsp3) is 0. The molecule has 0 N–H and O–H groups in total. The lowest BCUT2D eigenvalue weighted by atomic mass is 9.88. The van der Waals surface area contributed by atoms with Gasteiger partial charge in [-0.15, -0.1) is 0 Å². The van der Waals surface area contributed by atoms with Gasteiger partial charge in [0.05, 0.1) is 0 Å². The lowest BCUT2D eigenvalue weighted by Gasteiger charge is -2.26. The van der Waals surface area contributed by atoms with E-state index in [0.29, 0.717) is 0 Å². The number of hydrogen-bond acceptors (Lipinski definition) is 1. The van der Waals surface area contributed by atoms with Crippen LogP contribution >= 0.6 is 0 Å². The van der Waals surface area contributed by atoms with Crippen LogP contribution in [0.2, 0.25) is 0 Å². The molecule has 0 saturated heterocycles. The Kier molecular flexibility index (Phi) is 7.92. The molecule has 0 saturated carbocycles. The minimum Gasteiger partial charge on any atom is -0.311 e. The van der Waals surface area contributed by atoms with Crippen LogP contribution in [-0.4, -0.2) is 0 Å². The van der Waals surface area contributed by atoms with E-state index in [1.165, 1.54) is 66.1 Å². The van der Waals surface area contributed by atoms with E-state index >= 15 is 0 Å². The first kappa shape index (κ1) is 30.4. The fourth-order valence-electron chi connectivity index (χ4n) is 7.36. The number of anilines is 3. The number of rotatable bonds is 7. The average molecular weight is 650 g/mol. The summed E-state index contributed by atoms with van der Waals surface area (Å²) in [5, 5.41) is 5.00. The van der Waals surface area contributed by atoms with E-state index in [1.807, 2.05) is 0 Å². The topological polar surface area (TPSA) is 3.24 Å². The molecule has 0 aromatic heterocycles. The summed E-state index contributed by atoms with van der Waals surface area (Å²) in [4.78, 5) is 2.33. The van der Waals surface area contributed by atoms with Gasteiger partial charge in [-0.1, -0.05) is 176 Å². The van der Waals surface area contributed by atoms with Crippen LogP contribution in [0.25, 0.3) is 66.1 Å². The molecule has 0 radical (unpaired) electrons. The molecule has 0 amide bonds. The van der Waals surface area contributed by atoms with Crippen LogP contribution in [0.15, 0.2) is 212 Å². The lowest BCUT2D eigenvalue weighted by Crippen LogP contribution is -2.09. The highest BCUT2D eigenvalue weighted by atomic mass is 15.1. The summed E-state index contributed by atoms with van der Waals surface area (Å²) in [5.74, 6) is 0. The molecule has 1 heteroatoms. The number of benzene rings is 9. The Balaban J connectivity index is 1.10. The summed E-state index contributed by atoms with van der Waals surface area (Å²) in [7, 11) is 0. The number of nitrogens with zero attached hydrogens (tertiary/aromatic N) is 1. The van der Waals surface area contributed by atoms with Gasteiger partial charge >= 0.3 is 0 Å². The van der Waals surface area contributed by atoms with E-state index in [-0.39, 0.29) is 0 Å². The summed E-state index contributed by atoms with van der Waals surface area (Å²) >= 11 is 0. The van der Waals surface area contributed by atoms with Crippen LogP contribution in [0.4, 0.5) is 17.1 Å². The summed E-state index contributed by atoms with van der Waals surface area (Å²) in [6, 6.07) is 76.5. The quantitative estimate of drug-likeness (QED) is 0.166. The van der Waals surface area contributed by atoms with Crippen LogP contribution in [-0.2, 0) is 0 Å². The molecule has 0 aliphatic heterocycles.